The predicted octanol–water partition coefficient (Wildman–Crippen LogP) is 1.05. The maximum atomic E-state index is 11.6. The molecule has 2 N–H and O–H groups in total. The van der Waals surface area contributed by atoms with Gasteiger partial charge in [0.25, 0.3) is 0 Å². The molecule has 1 amide bonds. The van der Waals surface area contributed by atoms with Crippen LogP contribution in [0.5, 0.6) is 0 Å². The number of nitrogens with zero attached hydrogens (tertiary/aromatic N) is 1. The minimum atomic E-state index is -0.638. The molecule has 1 aromatic heterocycles. The molecule has 1 aliphatic carbocycles. The SMILES string of the molecule is O=C(CCc1ccccn1)NCC1(O)CCC1. The van der Waals surface area contributed by atoms with E-state index in [1.54, 1.807) is 6.20 Å². The third-order valence-electron chi connectivity index (χ3n) is 3.23. The van der Waals surface area contributed by atoms with Gasteiger partial charge in [0.2, 0.25) is 5.91 Å². The Morgan fingerprint density at radius 1 is 1.47 bits per heavy atom. The van der Waals surface area contributed by atoms with E-state index in [-0.39, 0.29) is 5.91 Å². The highest BCUT2D eigenvalue weighted by molar-refractivity contribution is 5.76. The molecule has 4 heteroatoms. The summed E-state index contributed by atoms with van der Waals surface area (Å²) in [7, 11) is 0. The fraction of sp³-hybridized carbons (Fsp3) is 0.538. The molecule has 0 aliphatic heterocycles. The van der Waals surface area contributed by atoms with Crippen LogP contribution in [0.25, 0.3) is 0 Å². The predicted molar refractivity (Wildman–Crippen MR) is 64.4 cm³/mol. The second-order valence-corrected chi connectivity index (χ2v) is 4.68. The minimum absolute atomic E-state index is 0.0176. The van der Waals surface area contributed by atoms with Crippen molar-refractivity contribution in [1.29, 1.82) is 0 Å². The van der Waals surface area contributed by atoms with Crippen molar-refractivity contribution in [2.45, 2.75) is 37.7 Å². The van der Waals surface area contributed by atoms with E-state index < -0.39 is 5.60 Å². The van der Waals surface area contributed by atoms with Crippen molar-refractivity contribution in [3.8, 4) is 0 Å². The molecule has 1 fully saturated rings. The number of carbonyl (C=O) groups excluding carboxylic acids is 1. The molecular weight excluding hydrogens is 216 g/mol. The second kappa shape index (κ2) is 5.27. The number of carbonyl (C=O) groups is 1. The summed E-state index contributed by atoms with van der Waals surface area (Å²) >= 11 is 0. The molecule has 0 bridgehead atoms. The van der Waals surface area contributed by atoms with E-state index in [0.29, 0.717) is 19.4 Å². The lowest BCUT2D eigenvalue weighted by Gasteiger charge is -2.36. The van der Waals surface area contributed by atoms with Gasteiger partial charge >= 0.3 is 0 Å². The van der Waals surface area contributed by atoms with E-state index in [0.717, 1.165) is 25.0 Å². The molecule has 0 radical (unpaired) electrons. The third kappa shape index (κ3) is 3.53. The molecule has 0 atom stereocenters. The van der Waals surface area contributed by atoms with E-state index in [1.807, 2.05) is 18.2 Å². The molecule has 17 heavy (non-hydrogen) atoms. The van der Waals surface area contributed by atoms with Crippen molar-refractivity contribution < 1.29 is 9.90 Å². The first-order valence-corrected chi connectivity index (χ1v) is 6.07. The summed E-state index contributed by atoms with van der Waals surface area (Å²) in [6.45, 7) is 0.383. The topological polar surface area (TPSA) is 62.2 Å². The molecule has 0 spiro atoms. The normalized spacial score (nSPS) is 17.2. The number of aromatic nitrogens is 1. The van der Waals surface area contributed by atoms with E-state index in [1.165, 1.54) is 0 Å². The molecule has 1 aliphatic rings. The van der Waals surface area contributed by atoms with Crippen molar-refractivity contribution in [1.82, 2.24) is 10.3 Å². The summed E-state index contributed by atoms with van der Waals surface area (Å²) in [5.74, 6) is -0.0176. The van der Waals surface area contributed by atoms with Gasteiger partial charge in [0.15, 0.2) is 0 Å². The Labute approximate surface area is 101 Å². The van der Waals surface area contributed by atoms with Gasteiger partial charge in [0, 0.05) is 24.9 Å². The summed E-state index contributed by atoms with van der Waals surface area (Å²) in [6, 6.07) is 5.68. The highest BCUT2D eigenvalue weighted by atomic mass is 16.3. The molecule has 4 nitrogen and oxygen atoms in total. The van der Waals surface area contributed by atoms with Gasteiger partial charge in [0.1, 0.15) is 0 Å². The summed E-state index contributed by atoms with van der Waals surface area (Å²) in [4.78, 5) is 15.7. The van der Waals surface area contributed by atoms with E-state index in [2.05, 4.69) is 10.3 Å². The van der Waals surface area contributed by atoms with Crippen LogP contribution in [0.3, 0.4) is 0 Å². The molecule has 1 saturated carbocycles. The Bertz CT molecular complexity index is 374. The number of aryl methyl sites for hydroxylation is 1. The molecule has 0 saturated heterocycles. The first kappa shape index (κ1) is 12.0. The zero-order chi connectivity index (χ0) is 12.1. The highest BCUT2D eigenvalue weighted by Gasteiger charge is 2.34. The minimum Gasteiger partial charge on any atom is -0.388 e. The average molecular weight is 234 g/mol. The van der Waals surface area contributed by atoms with E-state index >= 15 is 0 Å². The average Bonchev–Trinajstić information content (AvgIpc) is 2.33. The number of nitrogens with one attached hydrogen (secondary N) is 1. The van der Waals surface area contributed by atoms with Crippen molar-refractivity contribution in [2.75, 3.05) is 6.54 Å². The lowest BCUT2D eigenvalue weighted by Crippen LogP contribution is -2.47. The van der Waals surface area contributed by atoms with Gasteiger partial charge in [-0.1, -0.05) is 6.07 Å². The van der Waals surface area contributed by atoms with E-state index in [9.17, 15) is 9.90 Å². The van der Waals surface area contributed by atoms with Crippen molar-refractivity contribution in [3.63, 3.8) is 0 Å². The van der Waals surface area contributed by atoms with Crippen LogP contribution in [0.4, 0.5) is 0 Å². The van der Waals surface area contributed by atoms with Gasteiger partial charge < -0.3 is 10.4 Å². The van der Waals surface area contributed by atoms with Gasteiger partial charge in [-0.3, -0.25) is 9.78 Å². The van der Waals surface area contributed by atoms with Crippen molar-refractivity contribution in [2.24, 2.45) is 0 Å². The van der Waals surface area contributed by atoms with Gasteiger partial charge in [-0.05, 0) is 37.8 Å². The highest BCUT2D eigenvalue weighted by Crippen LogP contribution is 2.30. The number of amides is 1. The summed E-state index contributed by atoms with van der Waals surface area (Å²) in [6.07, 6.45) is 5.45. The van der Waals surface area contributed by atoms with Crippen LogP contribution in [-0.4, -0.2) is 28.1 Å². The van der Waals surface area contributed by atoms with Crippen LogP contribution in [0, 0.1) is 0 Å². The first-order chi connectivity index (χ1) is 8.18. The lowest BCUT2D eigenvalue weighted by molar-refractivity contribution is -0.123. The van der Waals surface area contributed by atoms with Gasteiger partial charge in [-0.25, -0.2) is 0 Å². The summed E-state index contributed by atoms with van der Waals surface area (Å²) < 4.78 is 0. The number of pyridine rings is 1. The second-order valence-electron chi connectivity index (χ2n) is 4.68. The Hall–Kier alpha value is -1.42. The molecule has 0 unspecified atom stereocenters. The molecule has 1 heterocycles. The number of aliphatic hydroxyl groups is 1. The van der Waals surface area contributed by atoms with Gasteiger partial charge in [-0.15, -0.1) is 0 Å². The fourth-order valence-corrected chi connectivity index (χ4v) is 1.90. The number of hydrogen-bond donors (Lipinski definition) is 2. The summed E-state index contributed by atoms with van der Waals surface area (Å²) in [5, 5.41) is 12.6. The Kier molecular flexibility index (Phi) is 3.74. The summed E-state index contributed by atoms with van der Waals surface area (Å²) in [5.41, 5.74) is 0.283. The van der Waals surface area contributed by atoms with Crippen molar-refractivity contribution >= 4 is 5.91 Å². The maximum Gasteiger partial charge on any atom is 0.220 e. The largest absolute Gasteiger partial charge is 0.388 e. The standard InChI is InChI=1S/C13H18N2O2/c16-12(15-10-13(17)7-3-8-13)6-5-11-4-1-2-9-14-11/h1-2,4,9,17H,3,5-8,10H2,(H,15,16). The first-order valence-electron chi connectivity index (χ1n) is 6.07. The smallest absolute Gasteiger partial charge is 0.220 e. The Morgan fingerprint density at radius 3 is 2.88 bits per heavy atom. The van der Waals surface area contributed by atoms with Crippen molar-refractivity contribution in [3.05, 3.63) is 30.1 Å². The lowest BCUT2D eigenvalue weighted by atomic mass is 9.80. The monoisotopic (exact) mass is 234 g/mol. The van der Waals surface area contributed by atoms with Crippen LogP contribution in [0.2, 0.25) is 0 Å². The number of rotatable bonds is 5. The molecule has 1 aromatic rings. The van der Waals surface area contributed by atoms with E-state index in [4.69, 9.17) is 0 Å². The molecular formula is C13H18N2O2. The van der Waals surface area contributed by atoms with Gasteiger partial charge in [0.05, 0.1) is 5.60 Å². The van der Waals surface area contributed by atoms with Crippen LogP contribution >= 0.6 is 0 Å². The zero-order valence-corrected chi connectivity index (χ0v) is 9.85. The fourth-order valence-electron chi connectivity index (χ4n) is 1.90. The van der Waals surface area contributed by atoms with Crippen LogP contribution in [0.15, 0.2) is 24.4 Å². The zero-order valence-electron chi connectivity index (χ0n) is 9.85. The Morgan fingerprint density at radius 2 is 2.29 bits per heavy atom. The maximum absolute atomic E-state index is 11.6. The van der Waals surface area contributed by atoms with Gasteiger partial charge in [-0.2, -0.15) is 0 Å². The molecule has 2 rings (SSSR count). The Balaban J connectivity index is 1.67. The van der Waals surface area contributed by atoms with Crippen LogP contribution in [-0.2, 0) is 11.2 Å². The van der Waals surface area contributed by atoms with Crippen LogP contribution < -0.4 is 5.32 Å². The third-order valence-corrected chi connectivity index (χ3v) is 3.23. The quantitative estimate of drug-likeness (QED) is 0.800. The molecule has 92 valence electrons. The molecule has 0 aromatic carbocycles. The number of hydrogen-bond acceptors (Lipinski definition) is 3. The van der Waals surface area contributed by atoms with Crippen LogP contribution in [0.1, 0.15) is 31.4 Å².